The Balaban J connectivity index is 4.34. The lowest BCUT2D eigenvalue weighted by Crippen LogP contribution is -2.21. The first kappa shape index (κ1) is 14.7. The van der Waals surface area contributed by atoms with Crippen LogP contribution in [0.25, 0.3) is 0 Å². The predicted molar refractivity (Wildman–Crippen MR) is 60.0 cm³/mol. The first-order valence-corrected chi connectivity index (χ1v) is 4.96. The van der Waals surface area contributed by atoms with Gasteiger partial charge in [-0.25, -0.2) is 4.79 Å². The molecule has 0 unspecified atom stereocenters. The van der Waals surface area contributed by atoms with Gasteiger partial charge in [0.1, 0.15) is 0 Å². The summed E-state index contributed by atoms with van der Waals surface area (Å²) in [4.78, 5) is 15.4. The van der Waals surface area contributed by atoms with Crippen LogP contribution < -0.4 is 5.32 Å². The molecule has 6 nitrogen and oxygen atoms in total. The number of oxime groups is 1. The highest BCUT2D eigenvalue weighted by atomic mass is 16.7. The van der Waals surface area contributed by atoms with Crippen LogP contribution in [0.5, 0.6) is 0 Å². The van der Waals surface area contributed by atoms with Gasteiger partial charge in [0.2, 0.25) is 5.90 Å². The van der Waals surface area contributed by atoms with Crippen LogP contribution in [-0.4, -0.2) is 32.9 Å². The van der Waals surface area contributed by atoms with Crippen LogP contribution in [0, 0.1) is 5.41 Å². The summed E-state index contributed by atoms with van der Waals surface area (Å²) < 4.78 is 9.95. The second-order valence-corrected chi connectivity index (χ2v) is 4.40. The Labute approximate surface area is 95.9 Å². The molecule has 0 heterocycles. The van der Waals surface area contributed by atoms with Crippen molar-refractivity contribution in [3.63, 3.8) is 0 Å². The minimum atomic E-state index is -0.632. The van der Waals surface area contributed by atoms with Crippen molar-refractivity contribution in [3.8, 4) is 0 Å². The van der Waals surface area contributed by atoms with Crippen molar-refractivity contribution in [2.45, 2.75) is 27.2 Å². The van der Waals surface area contributed by atoms with E-state index >= 15 is 0 Å². The molecule has 0 radical (unpaired) electrons. The average molecular weight is 232 g/mol. The fourth-order valence-electron chi connectivity index (χ4n) is 0.828. The zero-order valence-corrected chi connectivity index (χ0v) is 10.5. The lowest BCUT2D eigenvalue weighted by atomic mass is 9.92. The van der Waals surface area contributed by atoms with Crippen molar-refractivity contribution in [3.05, 3.63) is 0 Å². The summed E-state index contributed by atoms with van der Waals surface area (Å²) in [6.45, 7) is 6.15. The Morgan fingerprint density at radius 3 is 2.44 bits per heavy atom. The highest BCUT2D eigenvalue weighted by Gasteiger charge is 2.16. The van der Waals surface area contributed by atoms with Crippen LogP contribution in [0.4, 0.5) is 4.79 Å². The molecular weight excluding hydrogens is 212 g/mol. The van der Waals surface area contributed by atoms with E-state index in [1.54, 1.807) is 0 Å². The number of nitrogens with one attached hydrogen (secondary N) is 1. The van der Waals surface area contributed by atoms with Crippen LogP contribution in [-0.2, 0) is 14.3 Å². The SMILES string of the molecule is CNC(=O)ON=C(CC(C)(C)C)OCOC. The monoisotopic (exact) mass is 232 g/mol. The Morgan fingerprint density at radius 2 is 2.00 bits per heavy atom. The molecule has 0 aliphatic heterocycles. The lowest BCUT2D eigenvalue weighted by Gasteiger charge is -2.18. The molecule has 16 heavy (non-hydrogen) atoms. The summed E-state index contributed by atoms with van der Waals surface area (Å²) in [5.41, 5.74) is -0.0153. The molecule has 1 amide bonds. The van der Waals surface area contributed by atoms with Crippen molar-refractivity contribution in [2.24, 2.45) is 10.6 Å². The van der Waals surface area contributed by atoms with Gasteiger partial charge in [0, 0.05) is 20.6 Å². The Hall–Kier alpha value is -1.30. The fraction of sp³-hybridized carbons (Fsp3) is 0.800. The Kier molecular flexibility index (Phi) is 6.48. The van der Waals surface area contributed by atoms with E-state index in [-0.39, 0.29) is 12.2 Å². The van der Waals surface area contributed by atoms with Gasteiger partial charge in [-0.05, 0) is 10.6 Å². The van der Waals surface area contributed by atoms with Gasteiger partial charge in [0.05, 0.1) is 0 Å². The van der Waals surface area contributed by atoms with E-state index in [4.69, 9.17) is 9.47 Å². The zero-order valence-electron chi connectivity index (χ0n) is 10.5. The normalized spacial score (nSPS) is 12.2. The van der Waals surface area contributed by atoms with Crippen LogP contribution in [0.15, 0.2) is 5.16 Å². The second kappa shape index (κ2) is 7.05. The molecule has 0 saturated carbocycles. The van der Waals surface area contributed by atoms with Gasteiger partial charge in [0.25, 0.3) is 0 Å². The van der Waals surface area contributed by atoms with E-state index in [0.717, 1.165) is 0 Å². The van der Waals surface area contributed by atoms with E-state index in [0.29, 0.717) is 12.3 Å². The largest absolute Gasteiger partial charge is 0.451 e. The molecule has 0 rings (SSSR count). The number of rotatable bonds is 4. The molecule has 1 N–H and O–H groups in total. The van der Waals surface area contributed by atoms with E-state index < -0.39 is 6.09 Å². The van der Waals surface area contributed by atoms with E-state index in [2.05, 4.69) is 15.3 Å². The number of ether oxygens (including phenoxy) is 2. The minimum absolute atomic E-state index is 0.0153. The maximum Gasteiger partial charge on any atom is 0.433 e. The maximum absolute atomic E-state index is 10.8. The highest BCUT2D eigenvalue weighted by molar-refractivity contribution is 5.77. The minimum Gasteiger partial charge on any atom is -0.451 e. The van der Waals surface area contributed by atoms with Gasteiger partial charge in [0.15, 0.2) is 6.79 Å². The molecule has 0 aromatic carbocycles. The van der Waals surface area contributed by atoms with Crippen LogP contribution >= 0.6 is 0 Å². The number of hydrogen-bond acceptors (Lipinski definition) is 5. The number of hydrogen-bond donors (Lipinski definition) is 1. The van der Waals surface area contributed by atoms with Crippen molar-refractivity contribution in [1.29, 1.82) is 0 Å². The summed E-state index contributed by atoms with van der Waals surface area (Å²) in [6.07, 6.45) is -0.0831. The van der Waals surface area contributed by atoms with Crippen molar-refractivity contribution in [2.75, 3.05) is 21.0 Å². The maximum atomic E-state index is 10.8. The van der Waals surface area contributed by atoms with Crippen molar-refractivity contribution in [1.82, 2.24) is 5.32 Å². The van der Waals surface area contributed by atoms with Gasteiger partial charge < -0.3 is 14.8 Å². The predicted octanol–water partition coefficient (Wildman–Crippen LogP) is 1.71. The van der Waals surface area contributed by atoms with Crippen molar-refractivity contribution < 1.29 is 19.1 Å². The van der Waals surface area contributed by atoms with Gasteiger partial charge in [-0.15, -0.1) is 0 Å². The summed E-state index contributed by atoms with van der Waals surface area (Å²) in [5.74, 6) is 0.331. The zero-order chi connectivity index (χ0) is 12.6. The summed E-state index contributed by atoms with van der Waals surface area (Å²) in [7, 11) is 2.96. The van der Waals surface area contributed by atoms with E-state index in [1.807, 2.05) is 20.8 Å². The molecule has 0 saturated heterocycles. The quantitative estimate of drug-likeness (QED) is 0.263. The van der Waals surface area contributed by atoms with Crippen LogP contribution in [0.3, 0.4) is 0 Å². The first-order valence-electron chi connectivity index (χ1n) is 4.96. The molecule has 0 aromatic rings. The third kappa shape index (κ3) is 8.05. The molecule has 94 valence electrons. The molecule has 0 aliphatic rings. The molecule has 0 fully saturated rings. The third-order valence-electron chi connectivity index (χ3n) is 1.46. The molecule has 6 heteroatoms. The van der Waals surface area contributed by atoms with Crippen molar-refractivity contribution >= 4 is 12.0 Å². The number of nitrogens with zero attached hydrogens (tertiary/aromatic N) is 1. The van der Waals surface area contributed by atoms with Crippen LogP contribution in [0.1, 0.15) is 27.2 Å². The van der Waals surface area contributed by atoms with Gasteiger partial charge in [-0.1, -0.05) is 20.8 Å². The van der Waals surface area contributed by atoms with Gasteiger partial charge in [-0.2, -0.15) is 0 Å². The Morgan fingerprint density at radius 1 is 1.38 bits per heavy atom. The Bertz CT molecular complexity index is 246. The smallest absolute Gasteiger partial charge is 0.433 e. The van der Waals surface area contributed by atoms with E-state index in [1.165, 1.54) is 14.2 Å². The molecular formula is C10H20N2O4. The third-order valence-corrected chi connectivity index (χ3v) is 1.46. The molecule has 0 aliphatic carbocycles. The molecule has 0 atom stereocenters. The fourth-order valence-corrected chi connectivity index (χ4v) is 0.828. The number of carbonyl (C=O) groups excluding carboxylic acids is 1. The van der Waals surface area contributed by atoms with Crippen LogP contribution in [0.2, 0.25) is 0 Å². The topological polar surface area (TPSA) is 69.2 Å². The lowest BCUT2D eigenvalue weighted by molar-refractivity contribution is 0.0333. The molecule has 0 spiro atoms. The standard InChI is InChI=1S/C10H20N2O4/c1-10(2,3)6-8(15-7-14-5)12-16-9(13)11-4/h6-7H2,1-5H3,(H,11,13). The highest BCUT2D eigenvalue weighted by Crippen LogP contribution is 2.19. The molecule has 0 bridgehead atoms. The summed E-state index contributed by atoms with van der Waals surface area (Å²) >= 11 is 0. The average Bonchev–Trinajstić information content (AvgIpc) is 2.19. The first-order chi connectivity index (χ1) is 7.39. The number of carbonyl (C=O) groups is 1. The number of methoxy groups -OCH3 is 1. The van der Waals surface area contributed by atoms with Gasteiger partial charge >= 0.3 is 6.09 Å². The number of amides is 1. The molecule has 0 aromatic heterocycles. The van der Waals surface area contributed by atoms with E-state index in [9.17, 15) is 4.79 Å². The second-order valence-electron chi connectivity index (χ2n) is 4.40. The summed E-state index contributed by atoms with van der Waals surface area (Å²) in [6, 6.07) is 0. The van der Waals surface area contributed by atoms with Gasteiger partial charge in [-0.3, -0.25) is 4.84 Å². The summed E-state index contributed by atoms with van der Waals surface area (Å²) in [5, 5.41) is 5.90.